The summed E-state index contributed by atoms with van der Waals surface area (Å²) in [5.74, 6) is 0. The van der Waals surface area contributed by atoms with Crippen molar-refractivity contribution in [3.63, 3.8) is 0 Å². The summed E-state index contributed by atoms with van der Waals surface area (Å²) in [6.45, 7) is 2.85. The van der Waals surface area contributed by atoms with Crippen molar-refractivity contribution in [2.24, 2.45) is 4.52 Å². The van der Waals surface area contributed by atoms with E-state index in [1.807, 2.05) is 6.92 Å². The fraction of sp³-hybridized carbons (Fsp3) is 0.667. The molecule has 0 rings (SSSR count). The molecule has 0 saturated heterocycles. The first-order valence-corrected chi connectivity index (χ1v) is 5.44. The summed E-state index contributed by atoms with van der Waals surface area (Å²) in [7, 11) is 1.41. The van der Waals surface area contributed by atoms with Crippen LogP contribution in [0.15, 0.2) is 4.52 Å². The predicted molar refractivity (Wildman–Crippen MR) is 49.9 cm³/mol. The van der Waals surface area contributed by atoms with Crippen LogP contribution in [0.2, 0.25) is 0 Å². The number of rotatable bonds is 3. The van der Waals surface area contributed by atoms with Crippen LogP contribution < -0.4 is 5.32 Å². The van der Waals surface area contributed by atoms with Crippen molar-refractivity contribution < 1.29 is 0 Å². The smallest absolute Gasteiger partial charge is 0.146 e. The molecule has 0 aromatic rings. The van der Waals surface area contributed by atoms with Gasteiger partial charge in [0.25, 0.3) is 0 Å². The van der Waals surface area contributed by atoms with E-state index in [4.69, 9.17) is 12.2 Å². The lowest BCUT2D eigenvalue weighted by atomic mass is 10.8. The van der Waals surface area contributed by atoms with E-state index in [1.165, 1.54) is 0 Å². The molecule has 0 fully saturated rings. The Kier molecular flexibility index (Phi) is 7.00. The molecule has 6 heteroatoms. The highest BCUT2D eigenvalue weighted by Crippen LogP contribution is 2.08. The van der Waals surface area contributed by atoms with Gasteiger partial charge in [-0.05, 0) is 18.7 Å². The van der Waals surface area contributed by atoms with E-state index in [0.717, 1.165) is 19.6 Å². The zero-order valence-corrected chi connectivity index (χ0v) is 8.29. The minimum Gasteiger partial charge on any atom is -0.372 e. The average molecular weight is 196 g/mol. The Labute approximate surface area is 68.2 Å². The second kappa shape index (κ2) is 6.63. The molecule has 0 radical (unpaired) electrons. The molecule has 0 aliphatic rings. The molecule has 0 heterocycles. The summed E-state index contributed by atoms with van der Waals surface area (Å²) in [5, 5.41) is 2.95. The van der Waals surface area contributed by atoms with Gasteiger partial charge < -0.3 is 5.32 Å². The van der Waals surface area contributed by atoms with Crippen molar-refractivity contribution in [3.8, 4) is 0 Å². The van der Waals surface area contributed by atoms with Crippen LogP contribution in [-0.2, 0) is 11.8 Å². The van der Waals surface area contributed by atoms with Crippen LogP contribution >= 0.6 is 28.1 Å². The molecule has 2 nitrogen and oxygen atoms in total. The van der Waals surface area contributed by atoms with Crippen LogP contribution in [0.1, 0.15) is 6.92 Å². The molecular weight excluding hydrogens is 190 g/mol. The van der Waals surface area contributed by atoms with Crippen molar-refractivity contribution in [1.29, 1.82) is 0 Å². The monoisotopic (exact) mass is 196 g/mol. The van der Waals surface area contributed by atoms with Gasteiger partial charge in [0.05, 0.1) is 8.37 Å². The lowest BCUT2D eigenvalue weighted by Gasteiger charge is -1.93. The summed E-state index contributed by atoms with van der Waals surface area (Å²) in [6, 6.07) is 0. The molecule has 0 unspecified atom stereocenters. The Morgan fingerprint density at radius 2 is 2.44 bits per heavy atom. The van der Waals surface area contributed by atoms with Crippen LogP contribution in [0, 0.1) is 0 Å². The van der Waals surface area contributed by atoms with Gasteiger partial charge in [0.1, 0.15) is 12.2 Å². The van der Waals surface area contributed by atoms with Gasteiger partial charge >= 0.3 is 0 Å². The van der Waals surface area contributed by atoms with Gasteiger partial charge in [-0.25, -0.2) is 0 Å². The SMILES string of the molecule is CCNC(=S)P=NP=S. The van der Waals surface area contributed by atoms with E-state index >= 15 is 0 Å². The van der Waals surface area contributed by atoms with Crippen molar-refractivity contribution in [1.82, 2.24) is 5.32 Å². The quantitative estimate of drug-likeness (QED) is 0.553. The predicted octanol–water partition coefficient (Wildman–Crippen LogP) is 2.33. The molecule has 0 bridgehead atoms. The van der Waals surface area contributed by atoms with Gasteiger partial charge in [-0.3, -0.25) is 0 Å². The highest BCUT2D eigenvalue weighted by molar-refractivity contribution is 7.98. The van der Waals surface area contributed by atoms with E-state index in [2.05, 4.69) is 21.6 Å². The summed E-state index contributed by atoms with van der Waals surface area (Å²) >= 11 is 9.42. The summed E-state index contributed by atoms with van der Waals surface area (Å²) in [6.07, 6.45) is 0. The first-order valence-electron chi connectivity index (χ1n) is 2.32. The number of nitrogens with zero attached hydrogens (tertiary/aromatic N) is 1. The van der Waals surface area contributed by atoms with E-state index in [-0.39, 0.29) is 0 Å². The van der Waals surface area contributed by atoms with Gasteiger partial charge in [-0.1, -0.05) is 12.2 Å². The Bertz CT molecular complexity index is 136. The third-order valence-electron chi connectivity index (χ3n) is 0.500. The average Bonchev–Trinajstić information content (AvgIpc) is 1.85. The van der Waals surface area contributed by atoms with Crippen molar-refractivity contribution >= 4 is 44.6 Å². The molecule has 1 N–H and O–H groups in total. The van der Waals surface area contributed by atoms with Crippen molar-refractivity contribution in [2.75, 3.05) is 6.54 Å². The van der Waals surface area contributed by atoms with E-state index < -0.39 is 0 Å². The highest BCUT2D eigenvalue weighted by Gasteiger charge is 1.84. The van der Waals surface area contributed by atoms with Gasteiger partial charge in [-0.15, -0.1) is 0 Å². The topological polar surface area (TPSA) is 24.4 Å². The second-order valence-corrected chi connectivity index (χ2v) is 3.83. The number of thiocarbonyl (C=S) groups is 1. The minimum absolute atomic E-state index is 0.624. The van der Waals surface area contributed by atoms with E-state index in [1.54, 1.807) is 0 Å². The molecule has 0 aromatic heterocycles. The maximum Gasteiger partial charge on any atom is 0.146 e. The van der Waals surface area contributed by atoms with E-state index in [0.29, 0.717) is 7.51 Å². The van der Waals surface area contributed by atoms with E-state index in [9.17, 15) is 0 Å². The minimum atomic E-state index is 0.624. The number of nitrogens with one attached hydrogen (secondary N) is 1. The molecule has 0 atom stereocenters. The molecule has 0 amide bonds. The molecule has 0 aliphatic heterocycles. The maximum absolute atomic E-state index is 4.85. The van der Waals surface area contributed by atoms with Crippen LogP contribution in [0.3, 0.4) is 0 Å². The first kappa shape index (κ1) is 9.51. The molecule has 50 valence electrons. The van der Waals surface area contributed by atoms with Gasteiger partial charge in [0.2, 0.25) is 0 Å². The zero-order valence-electron chi connectivity index (χ0n) is 4.87. The molecule has 0 aromatic carbocycles. The summed E-state index contributed by atoms with van der Waals surface area (Å²) in [4.78, 5) is 0. The van der Waals surface area contributed by atoms with Gasteiger partial charge in [0.15, 0.2) is 0 Å². The first-order chi connectivity index (χ1) is 4.31. The van der Waals surface area contributed by atoms with Crippen molar-refractivity contribution in [2.45, 2.75) is 6.92 Å². The summed E-state index contributed by atoms with van der Waals surface area (Å²) < 4.78 is 4.59. The van der Waals surface area contributed by atoms with Gasteiger partial charge in [-0.2, -0.15) is 4.52 Å². The lowest BCUT2D eigenvalue weighted by molar-refractivity contribution is 0.995. The Balaban J connectivity index is 3.49. The Hall–Kier alpha value is 0.510. The fourth-order valence-electron chi connectivity index (χ4n) is 0.245. The number of hydrogen-bond acceptors (Lipinski definition) is 2. The van der Waals surface area contributed by atoms with Crippen LogP contribution in [0.4, 0.5) is 0 Å². The highest BCUT2D eigenvalue weighted by atomic mass is 32.4. The Morgan fingerprint density at radius 3 is 2.89 bits per heavy atom. The molecule has 0 spiro atoms. The standard InChI is InChI=1S/C3H6N2P2S2/c1-2-4-3(8)6-5-7-9/h2H2,1H3,(H,4,8). The van der Waals surface area contributed by atoms with Crippen LogP contribution in [0.25, 0.3) is 0 Å². The molecule has 0 aliphatic carbocycles. The largest absolute Gasteiger partial charge is 0.372 e. The third-order valence-corrected chi connectivity index (χ3v) is 2.54. The van der Waals surface area contributed by atoms with Crippen molar-refractivity contribution in [3.05, 3.63) is 0 Å². The van der Waals surface area contributed by atoms with Crippen LogP contribution in [0.5, 0.6) is 0 Å². The maximum atomic E-state index is 4.85. The molecule has 0 saturated carbocycles. The summed E-state index contributed by atoms with van der Waals surface area (Å²) in [5.41, 5.74) is 0. The molecule has 9 heavy (non-hydrogen) atoms. The van der Waals surface area contributed by atoms with Crippen LogP contribution in [-0.4, -0.2) is 11.3 Å². The molecular formula is C3H6N2P2S2. The van der Waals surface area contributed by atoms with Gasteiger partial charge in [0, 0.05) is 6.54 Å². The normalized spacial score (nSPS) is 10.3. The fourth-order valence-corrected chi connectivity index (χ4v) is 1.75. The Morgan fingerprint density at radius 1 is 1.78 bits per heavy atom. The third kappa shape index (κ3) is 6.39. The second-order valence-electron chi connectivity index (χ2n) is 1.11. The zero-order chi connectivity index (χ0) is 7.11. The number of hydrogen-bond donors (Lipinski definition) is 1. The lowest BCUT2D eigenvalue weighted by Crippen LogP contribution is -2.14.